The molecule has 0 amide bonds. The number of aliphatic hydroxyl groups is 1. The van der Waals surface area contributed by atoms with Gasteiger partial charge in [0.15, 0.2) is 0 Å². The fraction of sp³-hybridized carbons (Fsp3) is 0.400. The Balaban J connectivity index is 2.23. The summed E-state index contributed by atoms with van der Waals surface area (Å²) in [7, 11) is 1.55. The van der Waals surface area contributed by atoms with Crippen molar-refractivity contribution < 1.29 is 19.0 Å². The Bertz CT molecular complexity index is 723. The van der Waals surface area contributed by atoms with E-state index in [4.69, 9.17) is 13.9 Å². The summed E-state index contributed by atoms with van der Waals surface area (Å²) in [4.78, 5) is 11.5. The molecule has 0 bridgehead atoms. The fourth-order valence-electron chi connectivity index (χ4n) is 2.47. The predicted molar refractivity (Wildman–Crippen MR) is 73.5 cm³/mol. The Hall–Kier alpha value is -2.01. The van der Waals surface area contributed by atoms with Crippen molar-refractivity contribution in [1.29, 1.82) is 0 Å². The first-order valence-corrected chi connectivity index (χ1v) is 6.43. The molecule has 3 rings (SSSR count). The smallest absolute Gasteiger partial charge is 0.336 e. The highest BCUT2D eigenvalue weighted by atomic mass is 16.5. The van der Waals surface area contributed by atoms with Gasteiger partial charge in [-0.05, 0) is 19.9 Å². The van der Waals surface area contributed by atoms with Gasteiger partial charge in [0.25, 0.3) is 0 Å². The molecule has 20 heavy (non-hydrogen) atoms. The molecule has 0 fully saturated rings. The molecule has 1 aliphatic rings. The average molecular weight is 276 g/mol. The molecule has 1 aromatic heterocycles. The van der Waals surface area contributed by atoms with Gasteiger partial charge >= 0.3 is 5.63 Å². The van der Waals surface area contributed by atoms with Crippen LogP contribution in [-0.2, 0) is 6.42 Å². The van der Waals surface area contributed by atoms with E-state index >= 15 is 0 Å². The molecule has 0 radical (unpaired) electrons. The highest BCUT2D eigenvalue weighted by Gasteiger charge is 2.37. The summed E-state index contributed by atoms with van der Waals surface area (Å²) in [5.41, 5.74) is -0.128. The van der Waals surface area contributed by atoms with E-state index in [0.717, 1.165) is 10.9 Å². The lowest BCUT2D eigenvalue weighted by molar-refractivity contribution is -0.0229. The molecule has 5 heteroatoms. The van der Waals surface area contributed by atoms with Crippen LogP contribution < -0.4 is 15.1 Å². The summed E-state index contributed by atoms with van der Waals surface area (Å²) in [6.45, 7) is 3.39. The van der Waals surface area contributed by atoms with Crippen molar-refractivity contribution in [1.82, 2.24) is 0 Å². The standard InChI is InChI=1S/C15H16O5/c1-15(2,17)12-6-9-11(19-12)7-10(18-3)8-4-5-13(16)20-14(8)9/h4-5,7,12,17H,6H2,1-3H3/t12-/m0/s1. The zero-order chi connectivity index (χ0) is 14.5. The maximum atomic E-state index is 11.5. The van der Waals surface area contributed by atoms with Crippen LogP contribution in [0.25, 0.3) is 11.0 Å². The van der Waals surface area contributed by atoms with E-state index in [1.807, 2.05) is 0 Å². The third-order valence-electron chi connectivity index (χ3n) is 3.60. The van der Waals surface area contributed by atoms with E-state index < -0.39 is 11.2 Å². The highest BCUT2D eigenvalue weighted by molar-refractivity contribution is 5.88. The topological polar surface area (TPSA) is 68.9 Å². The van der Waals surface area contributed by atoms with Crippen molar-refractivity contribution >= 4 is 11.0 Å². The van der Waals surface area contributed by atoms with Crippen LogP contribution in [0.4, 0.5) is 0 Å². The monoisotopic (exact) mass is 276 g/mol. The molecule has 106 valence electrons. The molecule has 0 saturated heterocycles. The van der Waals surface area contributed by atoms with Crippen LogP contribution >= 0.6 is 0 Å². The van der Waals surface area contributed by atoms with Crippen molar-refractivity contribution in [2.24, 2.45) is 0 Å². The van der Waals surface area contributed by atoms with Crippen molar-refractivity contribution in [3.05, 3.63) is 34.2 Å². The Labute approximate surface area is 115 Å². The number of hydrogen-bond acceptors (Lipinski definition) is 5. The highest BCUT2D eigenvalue weighted by Crippen LogP contribution is 2.41. The number of rotatable bonds is 2. The summed E-state index contributed by atoms with van der Waals surface area (Å²) < 4.78 is 16.4. The van der Waals surface area contributed by atoms with Crippen LogP contribution in [-0.4, -0.2) is 23.9 Å². The number of methoxy groups -OCH3 is 1. The van der Waals surface area contributed by atoms with Gasteiger partial charge in [-0.3, -0.25) is 0 Å². The van der Waals surface area contributed by atoms with Crippen LogP contribution in [0.1, 0.15) is 19.4 Å². The third kappa shape index (κ3) is 1.94. The SMILES string of the molecule is COc1cc2c(c3oc(=O)ccc13)C[C@@H](C(C)(C)O)O2. The van der Waals surface area contributed by atoms with E-state index in [1.54, 1.807) is 33.1 Å². The van der Waals surface area contributed by atoms with E-state index in [1.165, 1.54) is 6.07 Å². The number of fused-ring (bicyclic) bond motifs is 3. The molecule has 0 spiro atoms. The zero-order valence-electron chi connectivity index (χ0n) is 11.6. The molecule has 1 aromatic carbocycles. The van der Waals surface area contributed by atoms with Crippen LogP contribution in [0.3, 0.4) is 0 Å². The molecule has 0 saturated carbocycles. The summed E-state index contributed by atoms with van der Waals surface area (Å²) in [5.74, 6) is 1.18. The Morgan fingerprint density at radius 2 is 2.15 bits per heavy atom. The average Bonchev–Trinajstić information content (AvgIpc) is 2.81. The first kappa shape index (κ1) is 13.0. The summed E-state index contributed by atoms with van der Waals surface area (Å²) >= 11 is 0. The van der Waals surface area contributed by atoms with Crippen molar-refractivity contribution in [2.45, 2.75) is 32.0 Å². The lowest BCUT2D eigenvalue weighted by Crippen LogP contribution is -2.39. The van der Waals surface area contributed by atoms with E-state index in [2.05, 4.69) is 0 Å². The van der Waals surface area contributed by atoms with Crippen LogP contribution in [0.15, 0.2) is 27.4 Å². The van der Waals surface area contributed by atoms with E-state index in [0.29, 0.717) is 23.5 Å². The first-order valence-electron chi connectivity index (χ1n) is 6.43. The molecule has 0 unspecified atom stereocenters. The minimum Gasteiger partial charge on any atom is -0.496 e. The second-order valence-corrected chi connectivity index (χ2v) is 5.52. The Morgan fingerprint density at radius 1 is 1.40 bits per heavy atom. The molecular formula is C15H16O5. The molecular weight excluding hydrogens is 260 g/mol. The minimum absolute atomic E-state index is 0.377. The summed E-state index contributed by atoms with van der Waals surface area (Å²) in [6, 6.07) is 4.81. The third-order valence-corrected chi connectivity index (χ3v) is 3.60. The van der Waals surface area contributed by atoms with Gasteiger partial charge < -0.3 is 19.0 Å². The number of ether oxygens (including phenoxy) is 2. The summed E-state index contributed by atoms with van der Waals surface area (Å²) in [6.07, 6.45) is 0.116. The van der Waals surface area contributed by atoms with Gasteiger partial charge in [-0.1, -0.05) is 0 Å². The maximum Gasteiger partial charge on any atom is 0.336 e. The quantitative estimate of drug-likeness (QED) is 0.848. The molecule has 1 aliphatic heterocycles. The second kappa shape index (κ2) is 4.24. The van der Waals surface area contributed by atoms with Crippen LogP contribution in [0.2, 0.25) is 0 Å². The van der Waals surface area contributed by atoms with E-state index in [9.17, 15) is 9.90 Å². The van der Waals surface area contributed by atoms with Gasteiger partial charge in [0.1, 0.15) is 23.2 Å². The summed E-state index contributed by atoms with van der Waals surface area (Å²) in [5, 5.41) is 10.8. The number of benzene rings is 1. The molecule has 1 N–H and O–H groups in total. The first-order chi connectivity index (χ1) is 9.40. The number of hydrogen-bond donors (Lipinski definition) is 1. The van der Waals surface area contributed by atoms with Crippen molar-refractivity contribution in [3.8, 4) is 11.5 Å². The van der Waals surface area contributed by atoms with Gasteiger partial charge in [0, 0.05) is 24.1 Å². The molecule has 2 aromatic rings. The Morgan fingerprint density at radius 3 is 2.80 bits per heavy atom. The second-order valence-electron chi connectivity index (χ2n) is 5.52. The normalized spacial score (nSPS) is 17.9. The molecule has 2 heterocycles. The fourth-order valence-corrected chi connectivity index (χ4v) is 2.47. The van der Waals surface area contributed by atoms with Crippen molar-refractivity contribution in [2.75, 3.05) is 7.11 Å². The zero-order valence-corrected chi connectivity index (χ0v) is 11.6. The van der Waals surface area contributed by atoms with Crippen molar-refractivity contribution in [3.63, 3.8) is 0 Å². The Kier molecular flexibility index (Phi) is 2.76. The van der Waals surface area contributed by atoms with Gasteiger partial charge in [-0.25, -0.2) is 4.79 Å². The molecule has 0 aliphatic carbocycles. The van der Waals surface area contributed by atoms with Crippen LogP contribution in [0.5, 0.6) is 11.5 Å². The lowest BCUT2D eigenvalue weighted by Gasteiger charge is -2.24. The van der Waals surface area contributed by atoms with Gasteiger partial charge in [-0.2, -0.15) is 0 Å². The lowest BCUT2D eigenvalue weighted by atomic mass is 9.96. The predicted octanol–water partition coefficient (Wildman–Crippen LogP) is 1.88. The van der Waals surface area contributed by atoms with E-state index in [-0.39, 0.29) is 6.10 Å². The van der Waals surface area contributed by atoms with Gasteiger partial charge in [0.2, 0.25) is 0 Å². The maximum absolute atomic E-state index is 11.5. The largest absolute Gasteiger partial charge is 0.496 e. The van der Waals surface area contributed by atoms with Gasteiger partial charge in [-0.15, -0.1) is 0 Å². The minimum atomic E-state index is -0.979. The van der Waals surface area contributed by atoms with Gasteiger partial charge in [0.05, 0.1) is 18.1 Å². The van der Waals surface area contributed by atoms with Crippen LogP contribution in [0, 0.1) is 0 Å². The molecule has 1 atom stereocenters. The molecule has 5 nitrogen and oxygen atoms in total.